The van der Waals surface area contributed by atoms with E-state index in [1.54, 1.807) is 13.2 Å². The van der Waals surface area contributed by atoms with Gasteiger partial charge in [-0.15, -0.1) is 11.3 Å². The number of thiazole rings is 1. The van der Waals surface area contributed by atoms with Crippen molar-refractivity contribution < 1.29 is 13.2 Å². The molecule has 0 spiro atoms. The topological polar surface area (TPSA) is 30.7 Å². The van der Waals surface area contributed by atoms with Crippen LogP contribution in [0.1, 0.15) is 27.9 Å². The summed E-state index contributed by atoms with van der Waals surface area (Å²) in [7, 11) is 1.64. The molecule has 2 aromatic heterocycles. The summed E-state index contributed by atoms with van der Waals surface area (Å²) < 4.78 is 40.9. The van der Waals surface area contributed by atoms with Gasteiger partial charge in [-0.25, -0.2) is 4.98 Å². The van der Waals surface area contributed by atoms with E-state index in [-0.39, 0.29) is 12.1 Å². The third-order valence-electron chi connectivity index (χ3n) is 3.30. The number of fused-ring (bicyclic) bond motifs is 3. The molecule has 0 bridgehead atoms. The largest absolute Gasteiger partial charge is 0.397 e. The Morgan fingerprint density at radius 3 is 2.84 bits per heavy atom. The number of aryl methyl sites for hydroxylation is 3. The van der Waals surface area contributed by atoms with Crippen LogP contribution in [0.4, 0.5) is 13.2 Å². The third-order valence-corrected chi connectivity index (χ3v) is 4.33. The Morgan fingerprint density at radius 1 is 1.42 bits per heavy atom. The standard InChI is InChI=1S/C12H12F3N3S/c1-6-16-11-7-5-18(2)17-10(7)8(12(13,14)15)3-4-9(11)19-6/h5,8H,3-4H2,1-2H3. The normalized spacial score (nSPS) is 18.9. The van der Waals surface area contributed by atoms with Gasteiger partial charge in [-0.1, -0.05) is 0 Å². The highest BCUT2D eigenvalue weighted by Gasteiger charge is 2.45. The lowest BCUT2D eigenvalue weighted by Gasteiger charge is -2.17. The first-order valence-corrected chi connectivity index (χ1v) is 6.75. The van der Waals surface area contributed by atoms with Gasteiger partial charge in [-0.2, -0.15) is 18.3 Å². The summed E-state index contributed by atoms with van der Waals surface area (Å²) in [6.45, 7) is 1.87. The molecule has 0 amide bonds. The van der Waals surface area contributed by atoms with Crippen LogP contribution in [0.15, 0.2) is 6.20 Å². The zero-order valence-electron chi connectivity index (χ0n) is 10.5. The lowest BCUT2D eigenvalue weighted by molar-refractivity contribution is -0.152. The van der Waals surface area contributed by atoms with Crippen LogP contribution in [-0.2, 0) is 13.5 Å². The van der Waals surface area contributed by atoms with Crippen molar-refractivity contribution in [3.63, 3.8) is 0 Å². The van der Waals surface area contributed by atoms with E-state index in [4.69, 9.17) is 0 Å². The molecule has 1 unspecified atom stereocenters. The van der Waals surface area contributed by atoms with E-state index in [0.29, 0.717) is 17.7 Å². The Bertz CT molecular complexity index is 627. The molecule has 0 aromatic carbocycles. The van der Waals surface area contributed by atoms with Gasteiger partial charge in [0.25, 0.3) is 0 Å². The first-order valence-electron chi connectivity index (χ1n) is 5.93. The Labute approximate surface area is 112 Å². The lowest BCUT2D eigenvalue weighted by Crippen LogP contribution is -2.22. The molecular formula is C12H12F3N3S. The van der Waals surface area contributed by atoms with Gasteiger partial charge in [0, 0.05) is 23.7 Å². The molecule has 3 rings (SSSR count). The van der Waals surface area contributed by atoms with E-state index in [9.17, 15) is 13.2 Å². The summed E-state index contributed by atoms with van der Waals surface area (Å²) in [5.41, 5.74) is 1.32. The molecule has 0 fully saturated rings. The van der Waals surface area contributed by atoms with Crippen LogP contribution in [0, 0.1) is 6.92 Å². The van der Waals surface area contributed by atoms with Crippen LogP contribution in [0.3, 0.4) is 0 Å². The van der Waals surface area contributed by atoms with Crippen LogP contribution in [0.2, 0.25) is 0 Å². The minimum Gasteiger partial charge on any atom is -0.275 e. The number of aromatic nitrogens is 3. The second-order valence-electron chi connectivity index (χ2n) is 4.74. The molecule has 0 saturated carbocycles. The van der Waals surface area contributed by atoms with E-state index in [1.165, 1.54) is 16.0 Å². The number of hydrogen-bond donors (Lipinski definition) is 0. The van der Waals surface area contributed by atoms with Gasteiger partial charge in [0.15, 0.2) is 0 Å². The Kier molecular flexibility index (Phi) is 2.70. The molecule has 0 N–H and O–H groups in total. The second-order valence-corrected chi connectivity index (χ2v) is 6.03. The van der Waals surface area contributed by atoms with Crippen LogP contribution in [0.25, 0.3) is 11.3 Å². The average molecular weight is 287 g/mol. The van der Waals surface area contributed by atoms with Gasteiger partial charge in [-0.05, 0) is 19.8 Å². The first-order chi connectivity index (χ1) is 8.86. The molecule has 2 aromatic rings. The minimum atomic E-state index is -4.26. The smallest absolute Gasteiger partial charge is 0.275 e. The molecule has 1 aliphatic rings. The highest BCUT2D eigenvalue weighted by Crippen LogP contribution is 2.45. The van der Waals surface area contributed by atoms with Crippen molar-refractivity contribution in [2.75, 3.05) is 0 Å². The van der Waals surface area contributed by atoms with Gasteiger partial charge in [0.2, 0.25) is 0 Å². The molecule has 7 heteroatoms. The van der Waals surface area contributed by atoms with Crippen molar-refractivity contribution >= 4 is 11.3 Å². The Hall–Kier alpha value is -1.37. The molecule has 2 heterocycles. The van der Waals surface area contributed by atoms with E-state index in [0.717, 1.165) is 9.88 Å². The maximum Gasteiger partial charge on any atom is 0.397 e. The van der Waals surface area contributed by atoms with Gasteiger partial charge in [0.1, 0.15) is 0 Å². The fraction of sp³-hybridized carbons (Fsp3) is 0.500. The van der Waals surface area contributed by atoms with Gasteiger partial charge in [-0.3, -0.25) is 4.68 Å². The molecule has 102 valence electrons. The predicted octanol–water partition coefficient (Wildman–Crippen LogP) is 3.44. The number of hydrogen-bond acceptors (Lipinski definition) is 3. The number of nitrogens with zero attached hydrogens (tertiary/aromatic N) is 3. The van der Waals surface area contributed by atoms with E-state index < -0.39 is 12.1 Å². The van der Waals surface area contributed by atoms with Crippen molar-refractivity contribution in [3.8, 4) is 11.3 Å². The maximum absolute atomic E-state index is 13.2. The fourth-order valence-electron chi connectivity index (χ4n) is 2.53. The van der Waals surface area contributed by atoms with E-state index >= 15 is 0 Å². The molecule has 0 saturated heterocycles. The summed E-state index contributed by atoms with van der Waals surface area (Å²) >= 11 is 1.47. The Balaban J connectivity index is 2.20. The zero-order valence-corrected chi connectivity index (χ0v) is 11.3. The van der Waals surface area contributed by atoms with E-state index in [1.807, 2.05) is 6.92 Å². The molecule has 1 atom stereocenters. The Morgan fingerprint density at radius 2 is 2.16 bits per heavy atom. The number of halogens is 3. The molecule has 0 radical (unpaired) electrons. The molecule has 19 heavy (non-hydrogen) atoms. The van der Waals surface area contributed by atoms with Crippen LogP contribution >= 0.6 is 11.3 Å². The van der Waals surface area contributed by atoms with Crippen LogP contribution in [-0.4, -0.2) is 20.9 Å². The molecule has 3 nitrogen and oxygen atoms in total. The highest BCUT2D eigenvalue weighted by atomic mass is 32.1. The summed E-state index contributed by atoms with van der Waals surface area (Å²) in [5.74, 6) is -1.49. The van der Waals surface area contributed by atoms with Crippen molar-refractivity contribution in [2.24, 2.45) is 7.05 Å². The van der Waals surface area contributed by atoms with E-state index in [2.05, 4.69) is 10.1 Å². The van der Waals surface area contributed by atoms with Crippen molar-refractivity contribution in [3.05, 3.63) is 21.8 Å². The van der Waals surface area contributed by atoms with Crippen molar-refractivity contribution in [2.45, 2.75) is 31.9 Å². The monoisotopic (exact) mass is 287 g/mol. The molecule has 1 aliphatic carbocycles. The summed E-state index contributed by atoms with van der Waals surface area (Å²) in [6, 6.07) is 0. The maximum atomic E-state index is 13.2. The minimum absolute atomic E-state index is 0.0438. The second kappa shape index (κ2) is 4.06. The van der Waals surface area contributed by atoms with Crippen LogP contribution in [0.5, 0.6) is 0 Å². The van der Waals surface area contributed by atoms with Crippen LogP contribution < -0.4 is 0 Å². The summed E-state index contributed by atoms with van der Waals surface area (Å²) in [4.78, 5) is 5.31. The SMILES string of the molecule is Cc1nc2c(s1)CCC(C(F)(F)F)c1nn(C)cc1-2. The number of alkyl halides is 3. The quantitative estimate of drug-likeness (QED) is 0.743. The first kappa shape index (κ1) is 12.7. The average Bonchev–Trinajstić information content (AvgIpc) is 2.78. The lowest BCUT2D eigenvalue weighted by atomic mass is 9.98. The highest BCUT2D eigenvalue weighted by molar-refractivity contribution is 7.12. The van der Waals surface area contributed by atoms with Crippen molar-refractivity contribution in [1.82, 2.24) is 14.8 Å². The van der Waals surface area contributed by atoms with Gasteiger partial charge < -0.3 is 0 Å². The number of rotatable bonds is 0. The van der Waals surface area contributed by atoms with Crippen molar-refractivity contribution in [1.29, 1.82) is 0 Å². The summed E-state index contributed by atoms with van der Waals surface area (Å²) in [5, 5.41) is 4.91. The predicted molar refractivity (Wildman–Crippen MR) is 66.2 cm³/mol. The van der Waals surface area contributed by atoms with Gasteiger partial charge in [0.05, 0.1) is 22.3 Å². The molecular weight excluding hydrogens is 275 g/mol. The summed E-state index contributed by atoms with van der Waals surface area (Å²) in [6.07, 6.45) is -2.17. The molecule has 0 aliphatic heterocycles. The third kappa shape index (κ3) is 2.05. The zero-order chi connectivity index (χ0) is 13.8. The van der Waals surface area contributed by atoms with Gasteiger partial charge >= 0.3 is 6.18 Å². The fourth-order valence-corrected chi connectivity index (χ4v) is 3.49.